The number of hydrogen-bond donors (Lipinski definition) is 1. The Bertz CT molecular complexity index is 1060. The number of carbonyl (C=O) groups excluding carboxylic acids is 1. The predicted octanol–water partition coefficient (Wildman–Crippen LogP) is 4.42. The molecule has 3 aromatic heterocycles. The average molecular weight is 392 g/mol. The van der Waals surface area contributed by atoms with Crippen molar-refractivity contribution in [1.82, 2.24) is 19.7 Å². The van der Waals surface area contributed by atoms with Gasteiger partial charge in [0.05, 0.1) is 16.9 Å². The van der Waals surface area contributed by atoms with E-state index in [1.165, 1.54) is 19.1 Å². The summed E-state index contributed by atoms with van der Waals surface area (Å²) in [5, 5.41) is 8.04. The fourth-order valence-electron chi connectivity index (χ4n) is 2.97. The summed E-state index contributed by atoms with van der Waals surface area (Å²) in [4.78, 5) is 19.3. The van der Waals surface area contributed by atoms with E-state index in [4.69, 9.17) is 11.6 Å². The normalized spacial score (nSPS) is 14.6. The zero-order valence-electron chi connectivity index (χ0n) is 14.6. The van der Waals surface area contributed by atoms with E-state index < -0.39 is 11.6 Å². The minimum Gasteiger partial charge on any atom is -0.311 e. The highest BCUT2D eigenvalue weighted by atomic mass is 35.5. The molecule has 1 amide bonds. The molecule has 1 aliphatic rings. The molecule has 0 saturated heterocycles. The number of aromatic nitrogens is 4. The first-order valence-electron chi connectivity index (χ1n) is 8.45. The molecule has 0 aliphatic heterocycles. The summed E-state index contributed by atoms with van der Waals surface area (Å²) in [6.45, 7) is 2.15. The summed E-state index contributed by atoms with van der Waals surface area (Å²) >= 11 is 5.98. The van der Waals surface area contributed by atoms with Gasteiger partial charge in [0.25, 0.3) is 5.92 Å². The molecule has 140 valence electrons. The van der Waals surface area contributed by atoms with Gasteiger partial charge in [0.15, 0.2) is 0 Å². The van der Waals surface area contributed by atoms with Crippen molar-refractivity contribution in [1.29, 1.82) is 0 Å². The van der Waals surface area contributed by atoms with Crippen LogP contribution in [0.4, 0.5) is 14.6 Å². The second-order valence-corrected chi connectivity index (χ2v) is 7.15. The number of amides is 1. The molecule has 0 radical (unpaired) electrons. The lowest BCUT2D eigenvalue weighted by atomic mass is 10.2. The van der Waals surface area contributed by atoms with Gasteiger partial charge in [-0.3, -0.25) is 4.79 Å². The maximum atomic E-state index is 13.8. The SMILES string of the molecule is CC(=O)Nc1cc2c(cn1)c(C1CC1)nn2-c1cc(Cl)nc(C(C)(F)F)c1. The van der Waals surface area contributed by atoms with Crippen LogP contribution in [-0.4, -0.2) is 25.7 Å². The van der Waals surface area contributed by atoms with Crippen LogP contribution in [0.1, 0.15) is 44.0 Å². The largest absolute Gasteiger partial charge is 0.311 e. The minimum atomic E-state index is -3.13. The van der Waals surface area contributed by atoms with Crippen LogP contribution in [0.3, 0.4) is 0 Å². The molecule has 3 aromatic rings. The van der Waals surface area contributed by atoms with Gasteiger partial charge >= 0.3 is 0 Å². The summed E-state index contributed by atoms with van der Waals surface area (Å²) in [6, 6.07) is 4.43. The van der Waals surface area contributed by atoms with E-state index in [-0.39, 0.29) is 11.1 Å². The van der Waals surface area contributed by atoms with Crippen LogP contribution < -0.4 is 5.32 Å². The number of nitrogens with one attached hydrogen (secondary N) is 1. The Morgan fingerprint density at radius 2 is 2.07 bits per heavy atom. The molecule has 1 N–H and O–H groups in total. The summed E-state index contributed by atoms with van der Waals surface area (Å²) in [5.74, 6) is -2.70. The molecule has 0 spiro atoms. The lowest BCUT2D eigenvalue weighted by Crippen LogP contribution is -2.11. The van der Waals surface area contributed by atoms with Crippen LogP contribution in [0.2, 0.25) is 5.15 Å². The molecule has 1 saturated carbocycles. The summed E-state index contributed by atoms with van der Waals surface area (Å²) in [6.07, 6.45) is 3.69. The van der Waals surface area contributed by atoms with Crippen LogP contribution in [0.25, 0.3) is 16.6 Å². The van der Waals surface area contributed by atoms with Gasteiger partial charge in [0.1, 0.15) is 16.7 Å². The van der Waals surface area contributed by atoms with E-state index in [0.717, 1.165) is 30.8 Å². The first kappa shape index (κ1) is 17.8. The summed E-state index contributed by atoms with van der Waals surface area (Å²) in [5.41, 5.74) is 1.47. The number of rotatable bonds is 4. The van der Waals surface area contributed by atoms with Crippen LogP contribution in [-0.2, 0) is 10.7 Å². The van der Waals surface area contributed by atoms with Gasteiger partial charge in [-0.15, -0.1) is 0 Å². The van der Waals surface area contributed by atoms with Crippen molar-refractivity contribution in [2.45, 2.75) is 38.5 Å². The second-order valence-electron chi connectivity index (χ2n) is 6.76. The Balaban J connectivity index is 1.93. The van der Waals surface area contributed by atoms with Crippen molar-refractivity contribution < 1.29 is 13.6 Å². The van der Waals surface area contributed by atoms with E-state index in [1.54, 1.807) is 16.9 Å². The lowest BCUT2D eigenvalue weighted by Gasteiger charge is -2.12. The molecule has 1 fully saturated rings. The number of fused-ring (bicyclic) bond motifs is 1. The third kappa shape index (κ3) is 3.49. The van der Waals surface area contributed by atoms with Crippen molar-refractivity contribution in [3.8, 4) is 5.69 Å². The maximum Gasteiger partial charge on any atom is 0.287 e. The molecule has 4 rings (SSSR count). The van der Waals surface area contributed by atoms with Crippen LogP contribution in [0.15, 0.2) is 24.4 Å². The molecule has 6 nitrogen and oxygen atoms in total. The van der Waals surface area contributed by atoms with Crippen LogP contribution in [0, 0.1) is 0 Å². The minimum absolute atomic E-state index is 0.0446. The van der Waals surface area contributed by atoms with E-state index in [0.29, 0.717) is 22.9 Å². The third-order valence-corrected chi connectivity index (χ3v) is 4.53. The van der Waals surface area contributed by atoms with Gasteiger partial charge in [-0.2, -0.15) is 13.9 Å². The number of carbonyl (C=O) groups is 1. The number of alkyl halides is 2. The first-order chi connectivity index (χ1) is 12.7. The van der Waals surface area contributed by atoms with Gasteiger partial charge in [0, 0.05) is 43.5 Å². The molecule has 0 bridgehead atoms. The smallest absolute Gasteiger partial charge is 0.287 e. The van der Waals surface area contributed by atoms with E-state index in [2.05, 4.69) is 20.4 Å². The van der Waals surface area contributed by atoms with E-state index in [9.17, 15) is 13.6 Å². The molecular formula is C18H16ClF2N5O. The zero-order chi connectivity index (χ0) is 19.3. The molecule has 0 atom stereocenters. The highest BCUT2D eigenvalue weighted by Gasteiger charge is 2.31. The van der Waals surface area contributed by atoms with Gasteiger partial charge < -0.3 is 5.32 Å². The third-order valence-electron chi connectivity index (χ3n) is 4.34. The van der Waals surface area contributed by atoms with Crippen molar-refractivity contribution in [2.75, 3.05) is 5.32 Å². The number of pyridine rings is 2. The predicted molar refractivity (Wildman–Crippen MR) is 97.5 cm³/mol. The molecule has 1 aliphatic carbocycles. The van der Waals surface area contributed by atoms with E-state index >= 15 is 0 Å². The first-order valence-corrected chi connectivity index (χ1v) is 8.82. The second kappa shape index (κ2) is 6.23. The van der Waals surface area contributed by atoms with Crippen molar-refractivity contribution in [3.05, 3.63) is 40.9 Å². The lowest BCUT2D eigenvalue weighted by molar-refractivity contribution is -0.114. The van der Waals surface area contributed by atoms with Gasteiger partial charge in [-0.25, -0.2) is 14.6 Å². The van der Waals surface area contributed by atoms with Crippen LogP contribution in [0.5, 0.6) is 0 Å². The van der Waals surface area contributed by atoms with Gasteiger partial charge in [0.2, 0.25) is 5.91 Å². The monoisotopic (exact) mass is 391 g/mol. The number of anilines is 1. The van der Waals surface area contributed by atoms with Crippen molar-refractivity contribution in [2.24, 2.45) is 0 Å². The highest BCUT2D eigenvalue weighted by molar-refractivity contribution is 6.29. The van der Waals surface area contributed by atoms with Crippen LogP contribution >= 0.6 is 11.6 Å². The number of nitrogens with zero attached hydrogens (tertiary/aromatic N) is 4. The average Bonchev–Trinajstić information content (AvgIpc) is 3.34. The quantitative estimate of drug-likeness (QED) is 0.668. The fourth-order valence-corrected chi connectivity index (χ4v) is 3.17. The summed E-state index contributed by atoms with van der Waals surface area (Å²) < 4.78 is 29.1. The Labute approximate surface area is 158 Å². The molecule has 9 heteroatoms. The summed E-state index contributed by atoms with van der Waals surface area (Å²) in [7, 11) is 0. The van der Waals surface area contributed by atoms with Gasteiger partial charge in [-0.1, -0.05) is 11.6 Å². The number of hydrogen-bond acceptors (Lipinski definition) is 4. The van der Waals surface area contributed by atoms with Crippen molar-refractivity contribution >= 4 is 34.2 Å². The Morgan fingerprint density at radius 3 is 2.70 bits per heavy atom. The zero-order valence-corrected chi connectivity index (χ0v) is 15.4. The molecule has 0 aromatic carbocycles. The fraction of sp³-hybridized carbons (Fsp3) is 0.333. The Hall–Kier alpha value is -2.61. The number of halogens is 3. The van der Waals surface area contributed by atoms with E-state index in [1.807, 2.05) is 0 Å². The van der Waals surface area contributed by atoms with Crippen molar-refractivity contribution in [3.63, 3.8) is 0 Å². The Kier molecular flexibility index (Phi) is 4.10. The molecule has 27 heavy (non-hydrogen) atoms. The van der Waals surface area contributed by atoms with Gasteiger partial charge in [-0.05, 0) is 18.9 Å². The standard InChI is InChI=1S/C18H16ClF2N5O/c1-9(27)23-16-7-13-12(8-22-16)17(10-3-4-10)25-26(13)11-5-14(18(2,20)21)24-15(19)6-11/h5-8,10H,3-4H2,1-2H3,(H,22,23,27). The maximum absolute atomic E-state index is 13.8. The highest BCUT2D eigenvalue weighted by Crippen LogP contribution is 2.43. The molecular weight excluding hydrogens is 376 g/mol. The topological polar surface area (TPSA) is 72.7 Å². The Morgan fingerprint density at radius 1 is 1.33 bits per heavy atom. The molecule has 3 heterocycles. The molecule has 0 unspecified atom stereocenters.